The molecule has 2 aromatic heterocycles. The third-order valence-corrected chi connectivity index (χ3v) is 6.07. The molecule has 2 heterocycles. The molecule has 4 aromatic rings. The third-order valence-electron chi connectivity index (χ3n) is 5.09. The van der Waals surface area contributed by atoms with Crippen molar-refractivity contribution in [3.05, 3.63) is 79.5 Å². The molecule has 0 radical (unpaired) electrons. The first-order chi connectivity index (χ1) is 17.6. The summed E-state index contributed by atoms with van der Waals surface area (Å²) in [6.45, 7) is 0.555. The molecule has 0 fully saturated rings. The quantitative estimate of drug-likeness (QED) is 0.156. The summed E-state index contributed by atoms with van der Waals surface area (Å²) < 4.78 is 48.7. The Morgan fingerprint density at radius 2 is 1.89 bits per heavy atom. The summed E-state index contributed by atoms with van der Waals surface area (Å²) in [6.07, 6.45) is 3.15. The van der Waals surface area contributed by atoms with E-state index in [1.165, 1.54) is 6.21 Å². The van der Waals surface area contributed by atoms with E-state index in [2.05, 4.69) is 19.8 Å². The second kappa shape index (κ2) is 10.6. The highest BCUT2D eigenvalue weighted by molar-refractivity contribution is 8.12. The van der Waals surface area contributed by atoms with E-state index >= 15 is 0 Å². The fourth-order valence-corrected chi connectivity index (χ4v) is 4.06. The summed E-state index contributed by atoms with van der Waals surface area (Å²) in [5.74, 6) is -4.15. The van der Waals surface area contributed by atoms with Crippen molar-refractivity contribution in [2.45, 2.75) is 20.0 Å². The Kier molecular flexibility index (Phi) is 7.50. The average Bonchev–Trinajstić information content (AvgIpc) is 3.19. The molecular formula is C22H18ClF3N8O2S. The summed E-state index contributed by atoms with van der Waals surface area (Å²) >= 11 is 7.10. The van der Waals surface area contributed by atoms with Gasteiger partial charge in [0.05, 0.1) is 29.3 Å². The lowest BCUT2D eigenvalue weighted by atomic mass is 10.2. The topological polar surface area (TPSA) is 123 Å². The van der Waals surface area contributed by atoms with E-state index in [1.807, 2.05) is 0 Å². The highest BCUT2D eigenvalue weighted by atomic mass is 35.5. The molecule has 4 rings (SSSR count). The van der Waals surface area contributed by atoms with Crippen molar-refractivity contribution in [2.75, 3.05) is 5.32 Å². The zero-order chi connectivity index (χ0) is 26.9. The Labute approximate surface area is 216 Å². The van der Waals surface area contributed by atoms with Crippen molar-refractivity contribution in [2.24, 2.45) is 11.4 Å². The van der Waals surface area contributed by atoms with Crippen LogP contribution in [0, 0.1) is 22.9 Å². The molecule has 0 saturated carbocycles. The number of anilines is 2. The predicted octanol–water partition coefficient (Wildman–Crippen LogP) is 3.87. The first-order valence-electron chi connectivity index (χ1n) is 10.5. The first-order valence-corrected chi connectivity index (χ1v) is 11.7. The third kappa shape index (κ3) is 5.59. The van der Waals surface area contributed by atoms with Crippen LogP contribution in [-0.4, -0.2) is 35.2 Å². The number of nitrogens with zero attached hydrogens (tertiary/aromatic N) is 6. The molecule has 2 N–H and O–H groups in total. The number of aryl methyl sites for hydroxylation is 1. The predicted molar refractivity (Wildman–Crippen MR) is 137 cm³/mol. The molecule has 0 unspecified atom stereocenters. The van der Waals surface area contributed by atoms with Gasteiger partial charge in [-0.05, 0) is 25.1 Å². The second-order valence-corrected chi connectivity index (χ2v) is 9.02. The van der Waals surface area contributed by atoms with Crippen molar-refractivity contribution in [3.63, 3.8) is 0 Å². The fourth-order valence-electron chi connectivity index (χ4n) is 3.43. The lowest BCUT2D eigenvalue weighted by Crippen LogP contribution is -2.43. The van der Waals surface area contributed by atoms with Crippen LogP contribution >= 0.6 is 23.5 Å². The van der Waals surface area contributed by atoms with Gasteiger partial charge in [-0.25, -0.2) is 31.7 Å². The van der Waals surface area contributed by atoms with Crippen molar-refractivity contribution in [1.82, 2.24) is 23.9 Å². The number of rotatable bonds is 7. The van der Waals surface area contributed by atoms with Crippen LogP contribution in [0.5, 0.6) is 0 Å². The summed E-state index contributed by atoms with van der Waals surface area (Å²) in [7, 11) is 1.72. The minimum absolute atomic E-state index is 0.143. The van der Waals surface area contributed by atoms with Crippen molar-refractivity contribution in [1.29, 1.82) is 5.41 Å². The maximum absolute atomic E-state index is 14.5. The molecular weight excluding hydrogens is 533 g/mol. The normalized spacial score (nSPS) is 11.5. The summed E-state index contributed by atoms with van der Waals surface area (Å²) in [6, 6.07) is 4.14. The van der Waals surface area contributed by atoms with Gasteiger partial charge < -0.3 is 5.32 Å². The van der Waals surface area contributed by atoms with E-state index in [4.69, 9.17) is 17.0 Å². The molecule has 0 saturated heterocycles. The molecule has 0 amide bonds. The Balaban J connectivity index is 1.84. The van der Waals surface area contributed by atoms with Crippen LogP contribution in [0.4, 0.5) is 24.8 Å². The molecule has 0 aliphatic heterocycles. The molecule has 0 aliphatic rings. The molecule has 0 bridgehead atoms. The Morgan fingerprint density at radius 3 is 2.62 bits per heavy atom. The number of hydrogen-bond acceptors (Lipinski definition) is 8. The first kappa shape index (κ1) is 26.2. The number of nitrogens with one attached hydrogen (secondary N) is 2. The van der Waals surface area contributed by atoms with Gasteiger partial charge in [0.15, 0.2) is 11.6 Å². The molecule has 10 nitrogen and oxygen atoms in total. The number of benzene rings is 2. The van der Waals surface area contributed by atoms with Gasteiger partial charge in [-0.2, -0.15) is 10.1 Å². The minimum atomic E-state index is -1.39. The smallest absolute Gasteiger partial charge is 0.324 e. The van der Waals surface area contributed by atoms with Gasteiger partial charge in [-0.15, -0.1) is 0 Å². The van der Waals surface area contributed by atoms with Gasteiger partial charge in [0.1, 0.15) is 10.9 Å². The SMILES string of the molecule is C/C=N/SC(=N)Cn1c(=O)nc(Nc2cc3cn(C)nc3cc2Cl)n(Cc2cc(F)c(F)cc2F)c1=O. The van der Waals surface area contributed by atoms with Crippen LogP contribution in [0.2, 0.25) is 5.02 Å². The van der Waals surface area contributed by atoms with Crippen LogP contribution in [0.3, 0.4) is 0 Å². The summed E-state index contributed by atoms with van der Waals surface area (Å²) in [4.78, 5) is 30.0. The largest absolute Gasteiger partial charge is 0.355 e. The van der Waals surface area contributed by atoms with E-state index in [9.17, 15) is 22.8 Å². The lowest BCUT2D eigenvalue weighted by molar-refractivity contribution is 0.486. The Hall–Kier alpha value is -3.91. The van der Waals surface area contributed by atoms with Crippen LogP contribution < -0.4 is 16.7 Å². The van der Waals surface area contributed by atoms with Crippen LogP contribution in [0.15, 0.2) is 44.4 Å². The van der Waals surface area contributed by atoms with Crippen molar-refractivity contribution < 1.29 is 13.2 Å². The highest BCUT2D eigenvalue weighted by Gasteiger charge is 2.19. The van der Waals surface area contributed by atoms with Gasteiger partial charge in [-0.3, -0.25) is 14.7 Å². The summed E-state index contributed by atoms with van der Waals surface area (Å²) in [5, 5.41) is 15.7. The van der Waals surface area contributed by atoms with E-state index < -0.39 is 41.9 Å². The second-order valence-electron chi connectivity index (χ2n) is 7.73. The highest BCUT2D eigenvalue weighted by Crippen LogP contribution is 2.29. The summed E-state index contributed by atoms with van der Waals surface area (Å²) in [5.41, 5.74) is -1.50. The van der Waals surface area contributed by atoms with Gasteiger partial charge in [-0.1, -0.05) is 11.6 Å². The Morgan fingerprint density at radius 1 is 1.16 bits per heavy atom. The van der Waals surface area contributed by atoms with E-state index in [-0.39, 0.29) is 27.3 Å². The fraction of sp³-hybridized carbons (Fsp3) is 0.182. The zero-order valence-corrected chi connectivity index (χ0v) is 20.9. The maximum Gasteiger partial charge on any atom is 0.355 e. The van der Waals surface area contributed by atoms with E-state index in [1.54, 1.807) is 37.0 Å². The van der Waals surface area contributed by atoms with E-state index in [0.29, 0.717) is 27.6 Å². The number of hydrogen-bond donors (Lipinski definition) is 2. The number of fused-ring (bicyclic) bond motifs is 1. The van der Waals surface area contributed by atoms with Crippen LogP contribution in [-0.2, 0) is 20.1 Å². The Bertz CT molecular complexity index is 1680. The molecule has 37 heavy (non-hydrogen) atoms. The monoisotopic (exact) mass is 550 g/mol. The van der Waals surface area contributed by atoms with Crippen LogP contribution in [0.1, 0.15) is 12.5 Å². The number of aromatic nitrogens is 5. The molecule has 0 aliphatic carbocycles. The standard InChI is InChI=1S/C22H18ClF3N8O2S/c1-3-28-37-19(27)10-34-21(35)30-20(29-18-5-12-8-32(2)31-17(12)6-13(18)23)33(22(34)36)9-11-4-15(25)16(26)7-14(11)24/h3-8,27H,9-10H2,1-2H3,(H,29,30,35)/b27-19?,28-3+. The van der Waals surface area contributed by atoms with Crippen LogP contribution in [0.25, 0.3) is 10.9 Å². The zero-order valence-electron chi connectivity index (χ0n) is 19.3. The van der Waals surface area contributed by atoms with Gasteiger partial charge >= 0.3 is 11.4 Å². The van der Waals surface area contributed by atoms with Crippen molar-refractivity contribution in [3.8, 4) is 0 Å². The average molecular weight is 551 g/mol. The van der Waals surface area contributed by atoms with Crippen molar-refractivity contribution >= 4 is 57.3 Å². The van der Waals surface area contributed by atoms with Gasteiger partial charge in [0.2, 0.25) is 5.95 Å². The number of halogens is 4. The molecule has 2 aromatic carbocycles. The molecule has 192 valence electrons. The molecule has 0 spiro atoms. The van der Waals surface area contributed by atoms with E-state index in [0.717, 1.165) is 16.5 Å². The van der Waals surface area contributed by atoms with Gasteiger partial charge in [0, 0.05) is 48.4 Å². The lowest BCUT2D eigenvalue weighted by Gasteiger charge is -2.16. The van der Waals surface area contributed by atoms with Gasteiger partial charge in [0.25, 0.3) is 0 Å². The minimum Gasteiger partial charge on any atom is -0.324 e. The maximum atomic E-state index is 14.5. The molecule has 0 atom stereocenters. The molecule has 15 heteroatoms.